The van der Waals surface area contributed by atoms with E-state index in [-0.39, 0.29) is 34.6 Å². The summed E-state index contributed by atoms with van der Waals surface area (Å²) >= 11 is 1.18. The lowest BCUT2D eigenvalue weighted by atomic mass is 10.1. The lowest BCUT2D eigenvalue weighted by Gasteiger charge is -2.08. The van der Waals surface area contributed by atoms with Gasteiger partial charge in [0.05, 0.1) is 4.90 Å². The molecule has 9 heteroatoms. The molecule has 0 unspecified atom stereocenters. The van der Waals surface area contributed by atoms with Crippen molar-refractivity contribution in [1.82, 2.24) is 4.98 Å². The van der Waals surface area contributed by atoms with E-state index in [0.29, 0.717) is 11.3 Å². The SMILES string of the molecule is O=C(CCC(=O)c1ccccc1)Nc1ccc(S(=O)(=O)Nc2nccs2)cc1. The number of anilines is 2. The van der Waals surface area contributed by atoms with Gasteiger partial charge in [0.15, 0.2) is 10.9 Å². The van der Waals surface area contributed by atoms with E-state index in [1.807, 2.05) is 6.07 Å². The van der Waals surface area contributed by atoms with Crippen LogP contribution < -0.4 is 10.0 Å². The summed E-state index contributed by atoms with van der Waals surface area (Å²) in [6.07, 6.45) is 1.64. The molecule has 3 aromatic rings. The molecule has 0 saturated carbocycles. The quantitative estimate of drug-likeness (QED) is 0.548. The van der Waals surface area contributed by atoms with Crippen LogP contribution in [0.2, 0.25) is 0 Å². The summed E-state index contributed by atoms with van der Waals surface area (Å²) in [7, 11) is -3.74. The van der Waals surface area contributed by atoms with E-state index < -0.39 is 10.0 Å². The minimum atomic E-state index is -3.74. The van der Waals surface area contributed by atoms with Crippen LogP contribution in [0, 0.1) is 0 Å². The number of rotatable bonds is 8. The Morgan fingerprint density at radius 3 is 2.32 bits per heavy atom. The molecule has 2 N–H and O–H groups in total. The normalized spacial score (nSPS) is 11.0. The number of aromatic nitrogens is 1. The first-order valence-corrected chi connectivity index (χ1v) is 10.7. The van der Waals surface area contributed by atoms with Gasteiger partial charge in [0.1, 0.15) is 0 Å². The molecule has 0 aliphatic carbocycles. The van der Waals surface area contributed by atoms with Crippen molar-refractivity contribution in [3.8, 4) is 0 Å². The molecule has 3 rings (SSSR count). The van der Waals surface area contributed by atoms with E-state index in [1.165, 1.54) is 41.8 Å². The summed E-state index contributed by atoms with van der Waals surface area (Å²) in [5.74, 6) is -0.425. The zero-order valence-electron chi connectivity index (χ0n) is 14.7. The van der Waals surface area contributed by atoms with Crippen LogP contribution in [0.25, 0.3) is 0 Å². The number of carbonyl (C=O) groups excluding carboxylic acids is 2. The lowest BCUT2D eigenvalue weighted by molar-refractivity contribution is -0.116. The fourth-order valence-electron chi connectivity index (χ4n) is 2.38. The second-order valence-electron chi connectivity index (χ2n) is 5.80. The van der Waals surface area contributed by atoms with Gasteiger partial charge in [0, 0.05) is 35.7 Å². The van der Waals surface area contributed by atoms with Crippen molar-refractivity contribution < 1.29 is 18.0 Å². The number of nitrogens with zero attached hydrogens (tertiary/aromatic N) is 1. The molecule has 0 saturated heterocycles. The van der Waals surface area contributed by atoms with Crippen LogP contribution in [0.4, 0.5) is 10.8 Å². The first-order valence-electron chi connectivity index (χ1n) is 8.34. The fourth-order valence-corrected chi connectivity index (χ4v) is 4.17. The van der Waals surface area contributed by atoms with Crippen molar-refractivity contribution in [3.05, 3.63) is 71.7 Å². The summed E-state index contributed by atoms with van der Waals surface area (Å²) in [4.78, 5) is 28.0. The molecular weight excluding hydrogens is 398 g/mol. The first kappa shape index (κ1) is 19.7. The molecule has 0 spiro atoms. The number of carbonyl (C=O) groups is 2. The van der Waals surface area contributed by atoms with Crippen molar-refractivity contribution in [2.45, 2.75) is 17.7 Å². The Morgan fingerprint density at radius 1 is 0.964 bits per heavy atom. The second-order valence-corrected chi connectivity index (χ2v) is 8.38. The average Bonchev–Trinajstić information content (AvgIpc) is 3.19. The minimum absolute atomic E-state index is 0.0411. The number of nitrogens with one attached hydrogen (secondary N) is 2. The molecule has 0 radical (unpaired) electrons. The largest absolute Gasteiger partial charge is 0.326 e. The van der Waals surface area contributed by atoms with Crippen molar-refractivity contribution in [2.75, 3.05) is 10.0 Å². The maximum Gasteiger partial charge on any atom is 0.263 e. The first-order chi connectivity index (χ1) is 13.4. The summed E-state index contributed by atoms with van der Waals surface area (Å²) in [6.45, 7) is 0. The highest BCUT2D eigenvalue weighted by Gasteiger charge is 2.15. The second kappa shape index (κ2) is 8.77. The van der Waals surface area contributed by atoms with Crippen LogP contribution in [0.1, 0.15) is 23.2 Å². The summed E-state index contributed by atoms with van der Waals surface area (Å²) in [5.41, 5.74) is 1.02. The molecule has 144 valence electrons. The number of benzene rings is 2. The van der Waals surface area contributed by atoms with E-state index in [0.717, 1.165) is 0 Å². The van der Waals surface area contributed by atoms with E-state index in [2.05, 4.69) is 15.0 Å². The third-order valence-electron chi connectivity index (χ3n) is 3.78. The van der Waals surface area contributed by atoms with Gasteiger partial charge in [0.25, 0.3) is 10.0 Å². The van der Waals surface area contributed by atoms with E-state index in [1.54, 1.807) is 29.6 Å². The predicted molar refractivity (Wildman–Crippen MR) is 108 cm³/mol. The standard InChI is InChI=1S/C19H17N3O4S2/c23-17(14-4-2-1-3-5-14)10-11-18(24)21-15-6-8-16(9-7-15)28(25,26)22-19-20-12-13-27-19/h1-9,12-13H,10-11H2,(H,20,22)(H,21,24). The van der Waals surface area contributed by atoms with Gasteiger partial charge in [-0.15, -0.1) is 11.3 Å². The van der Waals surface area contributed by atoms with Gasteiger partial charge in [-0.1, -0.05) is 30.3 Å². The summed E-state index contributed by atoms with van der Waals surface area (Å²) in [5, 5.41) is 4.60. The third-order valence-corrected chi connectivity index (χ3v) is 5.95. The zero-order chi connectivity index (χ0) is 20.0. The molecule has 1 heterocycles. The molecule has 0 fully saturated rings. The van der Waals surface area contributed by atoms with Crippen LogP contribution in [0.5, 0.6) is 0 Å². The number of sulfonamides is 1. The van der Waals surface area contributed by atoms with Crippen LogP contribution >= 0.6 is 11.3 Å². The highest BCUT2D eigenvalue weighted by Crippen LogP contribution is 2.19. The maximum atomic E-state index is 12.3. The van der Waals surface area contributed by atoms with Crippen molar-refractivity contribution in [3.63, 3.8) is 0 Å². The highest BCUT2D eigenvalue weighted by atomic mass is 32.2. The average molecular weight is 415 g/mol. The lowest BCUT2D eigenvalue weighted by Crippen LogP contribution is -2.14. The molecule has 0 aliphatic rings. The van der Waals surface area contributed by atoms with Crippen molar-refractivity contribution in [1.29, 1.82) is 0 Å². The Labute approximate surface area is 166 Å². The molecule has 7 nitrogen and oxygen atoms in total. The number of thiazole rings is 1. The molecule has 1 amide bonds. The number of amides is 1. The molecular formula is C19H17N3O4S2. The van der Waals surface area contributed by atoms with Gasteiger partial charge in [-0.05, 0) is 24.3 Å². The van der Waals surface area contributed by atoms with E-state index >= 15 is 0 Å². The Morgan fingerprint density at radius 2 is 1.68 bits per heavy atom. The monoisotopic (exact) mass is 415 g/mol. The van der Waals surface area contributed by atoms with E-state index in [4.69, 9.17) is 0 Å². The Kier molecular flexibility index (Phi) is 6.17. The summed E-state index contributed by atoms with van der Waals surface area (Å²) < 4.78 is 26.9. The van der Waals surface area contributed by atoms with E-state index in [9.17, 15) is 18.0 Å². The summed E-state index contributed by atoms with van der Waals surface area (Å²) in [6, 6.07) is 14.5. The highest BCUT2D eigenvalue weighted by molar-refractivity contribution is 7.93. The van der Waals surface area contributed by atoms with Crippen molar-refractivity contribution in [2.24, 2.45) is 0 Å². The molecule has 0 aliphatic heterocycles. The minimum Gasteiger partial charge on any atom is -0.326 e. The van der Waals surface area contributed by atoms with Gasteiger partial charge in [-0.25, -0.2) is 13.4 Å². The Hall–Kier alpha value is -3.04. The van der Waals surface area contributed by atoms with Gasteiger partial charge in [-0.3, -0.25) is 14.3 Å². The Bertz CT molecular complexity index is 1050. The van der Waals surface area contributed by atoms with Crippen LogP contribution in [-0.4, -0.2) is 25.1 Å². The predicted octanol–water partition coefficient (Wildman–Crippen LogP) is 3.55. The van der Waals surface area contributed by atoms with Gasteiger partial charge in [-0.2, -0.15) is 0 Å². The number of Topliss-reactive ketones (excluding diaryl/α,β-unsaturated/α-hetero) is 1. The number of hydrogen-bond acceptors (Lipinski definition) is 6. The van der Waals surface area contributed by atoms with Gasteiger partial charge in [0.2, 0.25) is 5.91 Å². The van der Waals surface area contributed by atoms with Gasteiger partial charge >= 0.3 is 0 Å². The van der Waals surface area contributed by atoms with Gasteiger partial charge < -0.3 is 5.32 Å². The smallest absolute Gasteiger partial charge is 0.263 e. The number of ketones is 1. The topological polar surface area (TPSA) is 105 Å². The molecule has 0 atom stereocenters. The van der Waals surface area contributed by atoms with Crippen molar-refractivity contribution >= 4 is 43.9 Å². The van der Waals surface area contributed by atoms with Crippen LogP contribution in [-0.2, 0) is 14.8 Å². The van der Waals surface area contributed by atoms with Crippen LogP contribution in [0.15, 0.2) is 71.1 Å². The molecule has 2 aromatic carbocycles. The maximum absolute atomic E-state index is 12.3. The molecule has 0 bridgehead atoms. The zero-order valence-corrected chi connectivity index (χ0v) is 16.3. The van der Waals surface area contributed by atoms with Crippen LogP contribution in [0.3, 0.4) is 0 Å². The Balaban J connectivity index is 1.55. The molecule has 1 aromatic heterocycles. The third kappa shape index (κ3) is 5.24. The fraction of sp³-hybridized carbons (Fsp3) is 0.105. The molecule has 28 heavy (non-hydrogen) atoms. The number of hydrogen-bond donors (Lipinski definition) is 2.